The van der Waals surface area contributed by atoms with Crippen LogP contribution in [0.4, 0.5) is 5.69 Å². The lowest BCUT2D eigenvalue weighted by Gasteiger charge is -2.08. The van der Waals surface area contributed by atoms with E-state index < -0.39 is 0 Å². The fourth-order valence-corrected chi connectivity index (χ4v) is 3.79. The van der Waals surface area contributed by atoms with Crippen LogP contribution in [-0.4, -0.2) is 21.1 Å². The Hall–Kier alpha value is -2.77. The van der Waals surface area contributed by atoms with Gasteiger partial charge in [-0.1, -0.05) is 24.3 Å². The lowest BCUT2D eigenvalue weighted by molar-refractivity contribution is 0.102. The van der Waals surface area contributed by atoms with Gasteiger partial charge in [0.15, 0.2) is 5.69 Å². The van der Waals surface area contributed by atoms with Crippen molar-refractivity contribution in [3.63, 3.8) is 0 Å². The molecule has 0 atom stereocenters. The number of nitrogens with zero attached hydrogens (tertiary/aromatic N) is 2. The fourth-order valence-electron chi connectivity index (χ4n) is 2.49. The molecule has 3 aromatic heterocycles. The quantitative estimate of drug-likeness (QED) is 0.544. The van der Waals surface area contributed by atoms with E-state index in [1.807, 2.05) is 54.1 Å². The van der Waals surface area contributed by atoms with E-state index in [1.54, 1.807) is 28.7 Å². The van der Waals surface area contributed by atoms with Crippen molar-refractivity contribution in [2.24, 2.45) is 0 Å². The smallest absolute Gasteiger partial charge is 0.276 e. The van der Waals surface area contributed by atoms with Gasteiger partial charge in [0.1, 0.15) is 0 Å². The number of hydrogen-bond donors (Lipinski definition) is 2. The van der Waals surface area contributed by atoms with Crippen LogP contribution >= 0.6 is 22.7 Å². The number of rotatable bonds is 4. The van der Waals surface area contributed by atoms with E-state index in [-0.39, 0.29) is 5.91 Å². The number of nitrogens with one attached hydrogen (secondary N) is 2. The molecule has 25 heavy (non-hydrogen) atoms. The predicted molar refractivity (Wildman–Crippen MR) is 102 cm³/mol. The van der Waals surface area contributed by atoms with Gasteiger partial charge >= 0.3 is 0 Å². The van der Waals surface area contributed by atoms with E-state index in [0.717, 1.165) is 32.5 Å². The molecule has 0 unspecified atom stereocenters. The molecular weight excluding hydrogens is 352 g/mol. The van der Waals surface area contributed by atoms with Crippen molar-refractivity contribution in [2.75, 3.05) is 5.32 Å². The molecule has 5 nitrogen and oxygen atoms in total. The third-order valence-corrected chi connectivity index (χ3v) is 5.34. The zero-order valence-corrected chi connectivity index (χ0v) is 14.9. The van der Waals surface area contributed by atoms with Crippen LogP contribution < -0.4 is 5.32 Å². The largest absolute Gasteiger partial charge is 0.320 e. The first kappa shape index (κ1) is 15.7. The summed E-state index contributed by atoms with van der Waals surface area (Å²) < 4.78 is 0. The van der Waals surface area contributed by atoms with Crippen molar-refractivity contribution in [3.8, 4) is 21.8 Å². The number of aromatic amines is 1. The van der Waals surface area contributed by atoms with Crippen molar-refractivity contribution in [2.45, 2.75) is 6.92 Å². The SMILES string of the molecule is Cc1nc(-c2ccccc2NC(=O)c2cc(-c3cccs3)[nH]n2)cs1. The number of H-pyrrole nitrogens is 1. The number of aryl methyl sites for hydroxylation is 1. The summed E-state index contributed by atoms with van der Waals surface area (Å²) in [7, 11) is 0. The first-order valence-corrected chi connectivity index (χ1v) is 9.39. The molecule has 2 N–H and O–H groups in total. The highest BCUT2D eigenvalue weighted by molar-refractivity contribution is 7.13. The van der Waals surface area contributed by atoms with E-state index in [0.29, 0.717) is 5.69 Å². The lowest BCUT2D eigenvalue weighted by Crippen LogP contribution is -2.13. The van der Waals surface area contributed by atoms with E-state index in [4.69, 9.17) is 0 Å². The predicted octanol–water partition coefficient (Wildman–Crippen LogP) is 4.82. The van der Waals surface area contributed by atoms with Crippen molar-refractivity contribution >= 4 is 34.3 Å². The van der Waals surface area contributed by atoms with Crippen molar-refractivity contribution in [3.05, 3.63) is 63.9 Å². The summed E-state index contributed by atoms with van der Waals surface area (Å²) >= 11 is 3.18. The number of anilines is 1. The van der Waals surface area contributed by atoms with Gasteiger partial charge in [-0.15, -0.1) is 22.7 Å². The van der Waals surface area contributed by atoms with Gasteiger partial charge in [-0.25, -0.2) is 4.98 Å². The van der Waals surface area contributed by atoms with Crippen molar-refractivity contribution in [1.82, 2.24) is 15.2 Å². The van der Waals surface area contributed by atoms with Crippen LogP contribution in [0.3, 0.4) is 0 Å². The summed E-state index contributed by atoms with van der Waals surface area (Å²) in [5.74, 6) is -0.251. The molecule has 3 heterocycles. The number of aromatic nitrogens is 3. The Labute approximate surface area is 152 Å². The summed E-state index contributed by atoms with van der Waals surface area (Å²) in [4.78, 5) is 18.1. The van der Waals surface area contributed by atoms with Crippen LogP contribution in [0.2, 0.25) is 0 Å². The summed E-state index contributed by atoms with van der Waals surface area (Å²) in [6.07, 6.45) is 0. The molecule has 7 heteroatoms. The Morgan fingerprint density at radius 2 is 2.04 bits per heavy atom. The zero-order valence-electron chi connectivity index (χ0n) is 13.3. The van der Waals surface area contributed by atoms with Crippen LogP contribution in [0.5, 0.6) is 0 Å². The van der Waals surface area contributed by atoms with E-state index in [1.165, 1.54) is 0 Å². The van der Waals surface area contributed by atoms with Gasteiger partial charge in [-0.2, -0.15) is 5.10 Å². The normalized spacial score (nSPS) is 10.8. The molecule has 0 aliphatic heterocycles. The third-order valence-electron chi connectivity index (χ3n) is 3.67. The summed E-state index contributed by atoms with van der Waals surface area (Å²) in [6, 6.07) is 13.4. The zero-order chi connectivity index (χ0) is 17.2. The maximum Gasteiger partial charge on any atom is 0.276 e. The topological polar surface area (TPSA) is 70.7 Å². The lowest BCUT2D eigenvalue weighted by atomic mass is 10.1. The monoisotopic (exact) mass is 366 g/mol. The second-order valence-electron chi connectivity index (χ2n) is 5.40. The van der Waals surface area contributed by atoms with Crippen molar-refractivity contribution < 1.29 is 4.79 Å². The minimum absolute atomic E-state index is 0.251. The van der Waals surface area contributed by atoms with Crippen LogP contribution in [-0.2, 0) is 0 Å². The maximum absolute atomic E-state index is 12.6. The summed E-state index contributed by atoms with van der Waals surface area (Å²) in [5.41, 5.74) is 3.67. The second kappa shape index (κ2) is 6.62. The molecule has 4 aromatic rings. The second-order valence-corrected chi connectivity index (χ2v) is 7.41. The minimum atomic E-state index is -0.251. The molecule has 0 radical (unpaired) electrons. The van der Waals surface area contributed by atoms with Crippen LogP contribution in [0.15, 0.2) is 53.2 Å². The first-order chi connectivity index (χ1) is 12.2. The van der Waals surface area contributed by atoms with Gasteiger partial charge in [-0.05, 0) is 30.5 Å². The van der Waals surface area contributed by atoms with Crippen LogP contribution in [0, 0.1) is 6.92 Å². The molecular formula is C18H14N4OS2. The highest BCUT2D eigenvalue weighted by atomic mass is 32.1. The Bertz CT molecular complexity index is 1020. The van der Waals surface area contributed by atoms with Gasteiger partial charge in [0.2, 0.25) is 0 Å². The van der Waals surface area contributed by atoms with Gasteiger partial charge in [0.25, 0.3) is 5.91 Å². The molecule has 1 amide bonds. The molecule has 0 saturated heterocycles. The Balaban J connectivity index is 1.60. The standard InChI is InChI=1S/C18H14N4OS2/c1-11-19-16(10-25-11)12-5-2-3-6-13(12)20-18(23)15-9-14(21-22-15)17-7-4-8-24-17/h2-10H,1H3,(H,20,23)(H,21,22). The molecule has 0 spiro atoms. The fraction of sp³-hybridized carbons (Fsp3) is 0.0556. The Morgan fingerprint density at radius 1 is 1.16 bits per heavy atom. The van der Waals surface area contributed by atoms with Crippen molar-refractivity contribution in [1.29, 1.82) is 0 Å². The number of amides is 1. The third kappa shape index (κ3) is 3.24. The number of para-hydroxylation sites is 1. The number of hydrogen-bond acceptors (Lipinski definition) is 5. The molecule has 0 aliphatic rings. The van der Waals surface area contributed by atoms with E-state index in [9.17, 15) is 4.79 Å². The molecule has 0 aliphatic carbocycles. The number of thiazole rings is 1. The number of carbonyl (C=O) groups is 1. The number of benzene rings is 1. The van der Waals surface area contributed by atoms with E-state index >= 15 is 0 Å². The highest BCUT2D eigenvalue weighted by Crippen LogP contribution is 2.29. The molecule has 124 valence electrons. The van der Waals surface area contributed by atoms with Gasteiger partial charge in [0.05, 0.1) is 27.0 Å². The number of thiophene rings is 1. The minimum Gasteiger partial charge on any atom is -0.320 e. The summed E-state index contributed by atoms with van der Waals surface area (Å²) in [5, 5.41) is 15.0. The average Bonchev–Trinajstić information content (AvgIpc) is 3.36. The average molecular weight is 366 g/mol. The summed E-state index contributed by atoms with van der Waals surface area (Å²) in [6.45, 7) is 1.96. The Kier molecular flexibility index (Phi) is 4.17. The highest BCUT2D eigenvalue weighted by Gasteiger charge is 2.15. The van der Waals surface area contributed by atoms with Gasteiger partial charge in [0, 0.05) is 10.9 Å². The molecule has 0 bridgehead atoms. The van der Waals surface area contributed by atoms with Crippen LogP contribution in [0.1, 0.15) is 15.5 Å². The molecule has 0 fully saturated rings. The Morgan fingerprint density at radius 3 is 2.80 bits per heavy atom. The van der Waals surface area contributed by atoms with Crippen LogP contribution in [0.25, 0.3) is 21.8 Å². The molecule has 4 rings (SSSR count). The maximum atomic E-state index is 12.6. The number of carbonyl (C=O) groups excluding carboxylic acids is 1. The molecule has 0 saturated carbocycles. The van der Waals surface area contributed by atoms with E-state index in [2.05, 4.69) is 20.5 Å². The molecule has 1 aromatic carbocycles. The van der Waals surface area contributed by atoms with Gasteiger partial charge in [-0.3, -0.25) is 9.89 Å². The first-order valence-electron chi connectivity index (χ1n) is 7.63. The van der Waals surface area contributed by atoms with Gasteiger partial charge < -0.3 is 5.32 Å².